The number of carbonyl (C=O) groups is 2. The summed E-state index contributed by atoms with van der Waals surface area (Å²) in [5.41, 5.74) is 1.27. The summed E-state index contributed by atoms with van der Waals surface area (Å²) in [6.45, 7) is 0. The van der Waals surface area contributed by atoms with Crippen LogP contribution >= 0.6 is 11.6 Å². The monoisotopic (exact) mass is 506 g/mol. The molecule has 0 atom stereocenters. The first-order valence-corrected chi connectivity index (χ1v) is 11.5. The van der Waals surface area contributed by atoms with Gasteiger partial charge in [-0.3, -0.25) is 9.59 Å². The van der Waals surface area contributed by atoms with E-state index in [0.717, 1.165) is 10.8 Å². The van der Waals surface area contributed by atoms with Gasteiger partial charge in [0.1, 0.15) is 5.82 Å². The van der Waals surface area contributed by atoms with E-state index >= 15 is 0 Å². The molecule has 6 rings (SSSR count). The highest BCUT2D eigenvalue weighted by atomic mass is 35.5. The number of pyridine rings is 1. The highest BCUT2D eigenvalue weighted by molar-refractivity contribution is 6.67. The standard InChI is InChI=1S/C27H17ClF2N2O4/c28-24(33)17-6-3-5-16(12-17)23-19-7-2-1-4-15(19)13-22(31-23)32-25(34)26(10-11-26)18-8-9-20-21(14-18)36-27(29,30)35-20/h1-9,12-14H,10-11H2,(H,31,32,34). The number of amides is 1. The van der Waals surface area contributed by atoms with Gasteiger partial charge >= 0.3 is 6.29 Å². The number of hydrogen-bond acceptors (Lipinski definition) is 5. The van der Waals surface area contributed by atoms with Crippen molar-refractivity contribution in [2.45, 2.75) is 24.6 Å². The molecule has 180 valence electrons. The Bertz CT molecular complexity index is 1570. The maximum Gasteiger partial charge on any atom is 0.586 e. The molecule has 0 spiro atoms. The Morgan fingerprint density at radius 1 is 0.917 bits per heavy atom. The largest absolute Gasteiger partial charge is 0.586 e. The van der Waals surface area contributed by atoms with E-state index in [4.69, 9.17) is 16.6 Å². The van der Waals surface area contributed by atoms with E-state index < -0.39 is 17.0 Å². The van der Waals surface area contributed by atoms with Crippen molar-refractivity contribution in [2.75, 3.05) is 5.32 Å². The maximum atomic E-state index is 13.4. The predicted octanol–water partition coefficient (Wildman–Crippen LogP) is 6.27. The molecule has 0 unspecified atom stereocenters. The molecule has 0 radical (unpaired) electrons. The van der Waals surface area contributed by atoms with Crippen LogP contribution in [-0.4, -0.2) is 22.4 Å². The third kappa shape index (κ3) is 3.83. The molecular formula is C27H17ClF2N2O4. The van der Waals surface area contributed by atoms with Crippen LogP contribution in [0.25, 0.3) is 22.0 Å². The summed E-state index contributed by atoms with van der Waals surface area (Å²) in [7, 11) is 0. The molecule has 6 nitrogen and oxygen atoms in total. The first-order chi connectivity index (χ1) is 17.2. The van der Waals surface area contributed by atoms with Gasteiger partial charge in [-0.2, -0.15) is 0 Å². The summed E-state index contributed by atoms with van der Waals surface area (Å²) in [6, 6.07) is 20.5. The molecule has 1 fully saturated rings. The Kier molecular flexibility index (Phi) is 4.98. The zero-order chi connectivity index (χ0) is 25.1. The van der Waals surface area contributed by atoms with Crippen LogP contribution in [0.3, 0.4) is 0 Å². The second kappa shape index (κ2) is 7.99. The minimum Gasteiger partial charge on any atom is -0.395 e. The highest BCUT2D eigenvalue weighted by Gasteiger charge is 2.53. The molecule has 1 N–H and O–H groups in total. The first-order valence-electron chi connectivity index (χ1n) is 11.2. The van der Waals surface area contributed by atoms with E-state index in [0.29, 0.717) is 41.0 Å². The second-order valence-corrected chi connectivity index (χ2v) is 9.14. The Balaban J connectivity index is 1.35. The highest BCUT2D eigenvalue weighted by Crippen LogP contribution is 2.52. The van der Waals surface area contributed by atoms with E-state index in [1.54, 1.807) is 30.3 Å². The molecule has 4 aromatic rings. The number of alkyl halides is 2. The van der Waals surface area contributed by atoms with Gasteiger partial charge in [0.15, 0.2) is 11.5 Å². The fraction of sp³-hybridized carbons (Fsp3) is 0.148. The van der Waals surface area contributed by atoms with Crippen molar-refractivity contribution in [3.8, 4) is 22.8 Å². The van der Waals surface area contributed by atoms with E-state index in [1.165, 1.54) is 12.1 Å². The first kappa shape index (κ1) is 22.4. The molecule has 3 aromatic carbocycles. The van der Waals surface area contributed by atoms with Gasteiger partial charge in [0, 0.05) is 16.5 Å². The summed E-state index contributed by atoms with van der Waals surface area (Å²) in [5, 5.41) is 4.01. The van der Waals surface area contributed by atoms with E-state index in [9.17, 15) is 18.4 Å². The lowest BCUT2D eigenvalue weighted by atomic mass is 9.94. The summed E-state index contributed by atoms with van der Waals surface area (Å²) in [5.74, 6) is -0.142. The van der Waals surface area contributed by atoms with Crippen LogP contribution in [0.5, 0.6) is 11.5 Å². The van der Waals surface area contributed by atoms with Crippen LogP contribution < -0.4 is 14.8 Å². The SMILES string of the molecule is O=C(Cl)c1cccc(-c2nc(NC(=O)C3(c4ccc5c(c4)OC(F)(F)O5)CC3)cc3ccccc23)c1. The molecular weight excluding hydrogens is 490 g/mol. The summed E-state index contributed by atoms with van der Waals surface area (Å²) in [4.78, 5) is 29.8. The molecule has 2 aliphatic rings. The molecule has 36 heavy (non-hydrogen) atoms. The van der Waals surface area contributed by atoms with E-state index in [2.05, 4.69) is 14.8 Å². The van der Waals surface area contributed by atoms with E-state index in [1.807, 2.05) is 30.3 Å². The molecule has 1 amide bonds. The van der Waals surface area contributed by atoms with Crippen LogP contribution in [0.1, 0.15) is 28.8 Å². The van der Waals surface area contributed by atoms with Gasteiger partial charge in [0.25, 0.3) is 5.24 Å². The minimum absolute atomic E-state index is 0.0709. The Morgan fingerprint density at radius 2 is 1.69 bits per heavy atom. The number of nitrogens with one attached hydrogen (secondary N) is 1. The molecule has 1 aromatic heterocycles. The molecule has 0 saturated heterocycles. The Hall–Kier alpha value is -4.04. The summed E-state index contributed by atoms with van der Waals surface area (Å²) in [6.07, 6.45) is -2.62. The van der Waals surface area contributed by atoms with Crippen LogP contribution in [-0.2, 0) is 10.2 Å². The smallest absolute Gasteiger partial charge is 0.395 e. The van der Waals surface area contributed by atoms with Crippen molar-refractivity contribution in [3.63, 3.8) is 0 Å². The average molecular weight is 507 g/mol. The molecule has 0 bridgehead atoms. The number of benzene rings is 3. The number of rotatable bonds is 5. The van der Waals surface area contributed by atoms with Crippen molar-refractivity contribution in [3.05, 3.63) is 83.9 Å². The normalized spacial score (nSPS) is 16.5. The molecule has 1 aliphatic carbocycles. The van der Waals surface area contributed by atoms with Crippen molar-refractivity contribution in [1.82, 2.24) is 4.98 Å². The van der Waals surface area contributed by atoms with Gasteiger partial charge < -0.3 is 14.8 Å². The number of carbonyl (C=O) groups excluding carboxylic acids is 2. The molecule has 9 heteroatoms. The van der Waals surface area contributed by atoms with Crippen molar-refractivity contribution >= 4 is 39.3 Å². The number of fused-ring (bicyclic) bond motifs is 2. The fourth-order valence-corrected chi connectivity index (χ4v) is 4.64. The number of halogens is 3. The third-order valence-electron chi connectivity index (χ3n) is 6.48. The van der Waals surface area contributed by atoms with Gasteiger partial charge in [-0.25, -0.2) is 4.98 Å². The number of aromatic nitrogens is 1. The predicted molar refractivity (Wildman–Crippen MR) is 130 cm³/mol. The van der Waals surface area contributed by atoms with Crippen LogP contribution in [0.2, 0.25) is 0 Å². The minimum atomic E-state index is -3.73. The lowest BCUT2D eigenvalue weighted by Gasteiger charge is -2.17. The van der Waals surface area contributed by atoms with Gasteiger partial charge in [-0.05, 0) is 59.7 Å². The van der Waals surface area contributed by atoms with Crippen molar-refractivity contribution in [1.29, 1.82) is 0 Å². The second-order valence-electron chi connectivity index (χ2n) is 8.80. The maximum absolute atomic E-state index is 13.4. The van der Waals surface area contributed by atoms with Gasteiger partial charge in [-0.15, -0.1) is 8.78 Å². The number of nitrogens with zero attached hydrogens (tertiary/aromatic N) is 1. The lowest BCUT2D eigenvalue weighted by molar-refractivity contribution is -0.286. The summed E-state index contributed by atoms with van der Waals surface area (Å²) < 4.78 is 35.9. The molecule has 2 heterocycles. The zero-order valence-corrected chi connectivity index (χ0v) is 19.3. The number of hydrogen-bond donors (Lipinski definition) is 1. The van der Waals surface area contributed by atoms with E-state index in [-0.39, 0.29) is 17.4 Å². The van der Waals surface area contributed by atoms with Crippen LogP contribution in [0.15, 0.2) is 72.8 Å². The van der Waals surface area contributed by atoms with Crippen molar-refractivity contribution < 1.29 is 27.8 Å². The van der Waals surface area contributed by atoms with Crippen LogP contribution in [0.4, 0.5) is 14.6 Å². The quantitative estimate of drug-likeness (QED) is 0.323. The number of ether oxygens (including phenoxy) is 2. The lowest BCUT2D eigenvalue weighted by Crippen LogP contribution is -2.28. The van der Waals surface area contributed by atoms with Gasteiger partial charge in [0.2, 0.25) is 5.91 Å². The summed E-state index contributed by atoms with van der Waals surface area (Å²) >= 11 is 5.67. The van der Waals surface area contributed by atoms with Gasteiger partial charge in [0.05, 0.1) is 11.1 Å². The fourth-order valence-electron chi connectivity index (χ4n) is 4.53. The number of anilines is 1. The molecule has 1 aliphatic heterocycles. The topological polar surface area (TPSA) is 77.5 Å². The van der Waals surface area contributed by atoms with Crippen molar-refractivity contribution in [2.24, 2.45) is 0 Å². The molecule has 1 saturated carbocycles. The zero-order valence-electron chi connectivity index (χ0n) is 18.6. The van der Waals surface area contributed by atoms with Crippen LogP contribution in [0, 0.1) is 0 Å². The van der Waals surface area contributed by atoms with Gasteiger partial charge in [-0.1, -0.05) is 48.5 Å². The Labute approximate surface area is 208 Å². The average Bonchev–Trinajstić information content (AvgIpc) is 3.60. The third-order valence-corrected chi connectivity index (χ3v) is 6.70. The Morgan fingerprint density at radius 3 is 2.47 bits per heavy atom.